The van der Waals surface area contributed by atoms with Crippen molar-refractivity contribution < 1.29 is 49.0 Å². The average molecular weight is 559 g/mol. The van der Waals surface area contributed by atoms with E-state index in [1.807, 2.05) is 30.3 Å². The van der Waals surface area contributed by atoms with Crippen molar-refractivity contribution in [2.45, 2.75) is 78.1 Å². The van der Waals surface area contributed by atoms with Gasteiger partial charge in [0.05, 0.1) is 0 Å². The van der Waals surface area contributed by atoms with Crippen LogP contribution in [0.1, 0.15) is 83.1 Å². The van der Waals surface area contributed by atoms with Crippen LogP contribution < -0.4 is 24.8 Å². The van der Waals surface area contributed by atoms with Crippen LogP contribution in [0.15, 0.2) is 60.7 Å². The number of benzene rings is 2. The largest absolute Gasteiger partial charge is 0.214 e. The van der Waals surface area contributed by atoms with Crippen molar-refractivity contribution in [3.05, 3.63) is 89.0 Å². The Kier molecular flexibility index (Phi) is 11.6. The SMILES string of the molecule is CC(C)(C)c1[c-]c2c(cc1)-c1ccc(C(C)(C)C)cc1C2.[Cl-].[Cl-].[Zr+2]=[C]1CCC1.c1cc[cH-]c1. The number of hydrogen-bond acceptors (Lipinski definition) is 0. The molecule has 2 aliphatic carbocycles. The summed E-state index contributed by atoms with van der Waals surface area (Å²) in [7, 11) is 0. The molecule has 0 nitrogen and oxygen atoms in total. The molecular weight excluding hydrogens is 522 g/mol. The Morgan fingerprint density at radius 2 is 1.39 bits per heavy atom. The Bertz CT molecular complexity index is 934. The smallest absolute Gasteiger partial charge is 0.172 e. The van der Waals surface area contributed by atoms with Gasteiger partial charge in [-0.2, -0.15) is 42.0 Å². The van der Waals surface area contributed by atoms with E-state index in [-0.39, 0.29) is 35.6 Å². The predicted octanol–water partition coefficient (Wildman–Crippen LogP) is 1.96. The summed E-state index contributed by atoms with van der Waals surface area (Å²) in [6, 6.07) is 25.2. The van der Waals surface area contributed by atoms with Gasteiger partial charge in [-0.3, -0.25) is 0 Å². The minimum atomic E-state index is 0. The minimum Gasteiger partial charge on any atom is -0.214 e. The Labute approximate surface area is 229 Å². The van der Waals surface area contributed by atoms with Crippen LogP contribution in [0.3, 0.4) is 0 Å². The van der Waals surface area contributed by atoms with E-state index >= 15 is 0 Å². The van der Waals surface area contributed by atoms with Crippen LogP contribution in [-0.2, 0) is 41.5 Å². The number of fused-ring (bicyclic) bond motifs is 3. The molecule has 3 aromatic rings. The van der Waals surface area contributed by atoms with Crippen LogP contribution in [0.2, 0.25) is 0 Å². The van der Waals surface area contributed by atoms with Gasteiger partial charge in [-0.05, 0) is 28.4 Å². The standard InChI is InChI=1S/C21H25.C5H5.C4H6.2ClH.Zr/c1-20(2,3)16-7-9-18-14(12-16)11-15-13-17(21(4,5)6)8-10-19(15)18;1-2-4-5-3-1;1-2-4-3-1;;;/h7-10,12H,11H2,1-6H3;1-5H;1-3H2;2*1H;/q2*-1;;;;+2/p-2. The first-order valence-electron chi connectivity index (χ1n) is 11.5. The monoisotopic (exact) mass is 556 g/mol. The summed E-state index contributed by atoms with van der Waals surface area (Å²) in [6.45, 7) is 13.6. The minimum absolute atomic E-state index is 0. The van der Waals surface area contributed by atoms with Crippen molar-refractivity contribution >= 4 is 3.21 Å². The van der Waals surface area contributed by atoms with Gasteiger partial charge in [0.2, 0.25) is 0 Å². The zero-order valence-electron chi connectivity index (χ0n) is 20.9. The third-order valence-corrected chi connectivity index (χ3v) is 7.21. The second-order valence-electron chi connectivity index (χ2n) is 10.7. The zero-order chi connectivity index (χ0) is 22.6. The summed E-state index contributed by atoms with van der Waals surface area (Å²) in [5.41, 5.74) is 8.70. The fraction of sp³-hybridized carbons (Fsp3) is 0.400. The molecule has 0 aliphatic heterocycles. The van der Waals surface area contributed by atoms with Crippen molar-refractivity contribution in [1.82, 2.24) is 0 Å². The molecule has 0 bridgehead atoms. The molecule has 0 N–H and O–H groups in total. The molecule has 1 saturated carbocycles. The topological polar surface area (TPSA) is 0 Å². The van der Waals surface area contributed by atoms with Crippen LogP contribution >= 0.6 is 0 Å². The van der Waals surface area contributed by atoms with Crippen LogP contribution in [0, 0.1) is 6.07 Å². The van der Waals surface area contributed by atoms with Gasteiger partial charge in [0.25, 0.3) is 0 Å². The molecule has 0 radical (unpaired) electrons. The maximum atomic E-state index is 3.67. The van der Waals surface area contributed by atoms with Gasteiger partial charge < -0.3 is 24.8 Å². The molecular formula is C30H36Cl2Zr-2. The number of halogens is 2. The van der Waals surface area contributed by atoms with Crippen molar-refractivity contribution in [1.29, 1.82) is 0 Å². The Hall–Kier alpha value is -0.877. The molecule has 1 fully saturated rings. The van der Waals surface area contributed by atoms with E-state index in [4.69, 9.17) is 0 Å². The van der Waals surface area contributed by atoms with E-state index in [0.717, 1.165) is 6.42 Å². The molecule has 0 atom stereocenters. The fourth-order valence-electron chi connectivity index (χ4n) is 3.70. The van der Waals surface area contributed by atoms with Gasteiger partial charge in [0, 0.05) is 0 Å². The molecule has 33 heavy (non-hydrogen) atoms. The van der Waals surface area contributed by atoms with Crippen molar-refractivity contribution in [2.75, 3.05) is 0 Å². The van der Waals surface area contributed by atoms with Gasteiger partial charge in [-0.15, -0.1) is 11.1 Å². The third-order valence-electron chi connectivity index (χ3n) is 5.98. The van der Waals surface area contributed by atoms with Gasteiger partial charge in [-0.25, -0.2) is 12.1 Å². The zero-order valence-corrected chi connectivity index (χ0v) is 24.8. The second kappa shape index (κ2) is 12.7. The number of rotatable bonds is 0. The van der Waals surface area contributed by atoms with Gasteiger partial charge in [0.15, 0.2) is 0 Å². The molecule has 5 rings (SSSR count). The second-order valence-corrected chi connectivity index (χ2v) is 12.5. The fourth-order valence-corrected chi connectivity index (χ4v) is 4.57. The molecule has 3 heteroatoms. The molecule has 0 heterocycles. The quantitative estimate of drug-likeness (QED) is 0.290. The summed E-state index contributed by atoms with van der Waals surface area (Å²) in [6.07, 6.45) is 5.38. The van der Waals surface area contributed by atoms with Crippen molar-refractivity contribution in [3.8, 4) is 11.1 Å². The summed E-state index contributed by atoms with van der Waals surface area (Å²) in [4.78, 5) is 0. The van der Waals surface area contributed by atoms with E-state index in [1.165, 1.54) is 52.6 Å². The van der Waals surface area contributed by atoms with Crippen LogP contribution in [-0.4, -0.2) is 3.21 Å². The molecule has 0 unspecified atom stereocenters. The Morgan fingerprint density at radius 3 is 1.82 bits per heavy atom. The molecule has 176 valence electrons. The van der Waals surface area contributed by atoms with E-state index in [2.05, 4.69) is 77.9 Å². The Balaban J connectivity index is 0.000000375. The summed E-state index contributed by atoms with van der Waals surface area (Å²) in [5.74, 6) is 0. The number of hydrogen-bond donors (Lipinski definition) is 0. The van der Waals surface area contributed by atoms with Gasteiger partial charge >= 0.3 is 46.7 Å². The normalized spacial score (nSPS) is 13.5. The van der Waals surface area contributed by atoms with Crippen LogP contribution in [0.4, 0.5) is 0 Å². The van der Waals surface area contributed by atoms with E-state index in [1.54, 1.807) is 27.4 Å². The Morgan fingerprint density at radius 1 is 0.818 bits per heavy atom. The van der Waals surface area contributed by atoms with E-state index < -0.39 is 0 Å². The van der Waals surface area contributed by atoms with Gasteiger partial charge in [0.1, 0.15) is 0 Å². The van der Waals surface area contributed by atoms with Crippen LogP contribution in [0.5, 0.6) is 0 Å². The van der Waals surface area contributed by atoms with Crippen molar-refractivity contribution in [3.63, 3.8) is 0 Å². The first-order valence-corrected chi connectivity index (χ1v) is 12.7. The first kappa shape index (κ1) is 30.2. The average Bonchev–Trinajstić information content (AvgIpc) is 3.35. The first-order chi connectivity index (χ1) is 14.6. The molecule has 0 amide bonds. The molecule has 0 aromatic heterocycles. The summed E-state index contributed by atoms with van der Waals surface area (Å²) in [5, 5.41) is 0. The molecule has 2 aliphatic rings. The van der Waals surface area contributed by atoms with Crippen LogP contribution in [0.25, 0.3) is 11.1 Å². The summed E-state index contributed by atoms with van der Waals surface area (Å²) >= 11 is 1.67. The molecule has 3 aromatic carbocycles. The summed E-state index contributed by atoms with van der Waals surface area (Å²) < 4.78 is 1.78. The van der Waals surface area contributed by atoms with Gasteiger partial charge in [-0.1, -0.05) is 65.3 Å². The molecule has 0 saturated heterocycles. The maximum absolute atomic E-state index is 3.67. The van der Waals surface area contributed by atoms with E-state index in [0.29, 0.717) is 0 Å². The molecule has 0 spiro atoms. The van der Waals surface area contributed by atoms with Crippen molar-refractivity contribution in [2.24, 2.45) is 0 Å². The maximum Gasteiger partial charge on any atom is -0.172 e. The van der Waals surface area contributed by atoms with E-state index in [9.17, 15) is 0 Å². The predicted molar refractivity (Wildman–Crippen MR) is 132 cm³/mol. The third kappa shape index (κ3) is 8.38.